The Kier molecular flexibility index (Phi) is 5.30. The van der Waals surface area contributed by atoms with E-state index in [1.165, 1.54) is 12.1 Å². The maximum absolute atomic E-state index is 14.1. The van der Waals surface area contributed by atoms with E-state index in [-0.39, 0.29) is 5.82 Å². The van der Waals surface area contributed by atoms with E-state index in [0.717, 1.165) is 56.6 Å². The Balaban J connectivity index is 1.45. The van der Waals surface area contributed by atoms with Crippen molar-refractivity contribution < 1.29 is 4.39 Å². The smallest absolute Gasteiger partial charge is 0.161 e. The highest BCUT2D eigenvalue weighted by Crippen LogP contribution is 2.32. The number of imidazole rings is 1. The third kappa shape index (κ3) is 4.01. The summed E-state index contributed by atoms with van der Waals surface area (Å²) >= 11 is 0. The zero-order valence-corrected chi connectivity index (χ0v) is 20.2. The molecule has 0 bridgehead atoms. The van der Waals surface area contributed by atoms with Gasteiger partial charge in [0.15, 0.2) is 11.5 Å². The maximum Gasteiger partial charge on any atom is 0.161 e. The molecule has 0 unspecified atom stereocenters. The molecule has 7 nitrogen and oxygen atoms in total. The molecule has 0 saturated heterocycles. The number of aromatic amines is 2. The first-order chi connectivity index (χ1) is 17.4. The van der Waals surface area contributed by atoms with Gasteiger partial charge in [-0.05, 0) is 74.1 Å². The van der Waals surface area contributed by atoms with Gasteiger partial charge in [0.05, 0.1) is 22.2 Å². The largest absolute Gasteiger partial charge is 0.336 e. The van der Waals surface area contributed by atoms with Crippen molar-refractivity contribution >= 4 is 22.1 Å². The van der Waals surface area contributed by atoms with Crippen LogP contribution < -0.4 is 0 Å². The number of para-hydroxylation sites is 1. The highest BCUT2D eigenvalue weighted by atomic mass is 19.1. The molecule has 0 aliphatic heterocycles. The number of nitrogens with one attached hydrogen (secondary N) is 2. The fraction of sp³-hybridized carbons (Fsp3) is 0.143. The first-order valence-corrected chi connectivity index (χ1v) is 11.7. The topological polar surface area (TPSA) is 86.4 Å². The van der Waals surface area contributed by atoms with E-state index in [2.05, 4.69) is 31.1 Å². The lowest BCUT2D eigenvalue weighted by Gasteiger charge is -2.10. The van der Waals surface area contributed by atoms with Crippen LogP contribution in [0.5, 0.6) is 0 Å². The average Bonchev–Trinajstić information content (AvgIpc) is 3.46. The summed E-state index contributed by atoms with van der Waals surface area (Å²) in [5.74, 6) is 0.331. The Labute approximate surface area is 207 Å². The molecule has 6 rings (SSSR count). The van der Waals surface area contributed by atoms with E-state index in [1.54, 1.807) is 0 Å². The normalized spacial score (nSPS) is 11.7. The average molecular weight is 478 g/mol. The lowest BCUT2D eigenvalue weighted by atomic mass is 10.0. The van der Waals surface area contributed by atoms with Gasteiger partial charge in [0.1, 0.15) is 11.3 Å². The predicted molar refractivity (Wildman–Crippen MR) is 140 cm³/mol. The van der Waals surface area contributed by atoms with Crippen LogP contribution >= 0.6 is 0 Å². The quantitative estimate of drug-likeness (QED) is 0.331. The Morgan fingerprint density at radius 1 is 0.889 bits per heavy atom. The fourth-order valence-corrected chi connectivity index (χ4v) is 4.57. The number of aryl methyl sites for hydroxylation is 1. The van der Waals surface area contributed by atoms with E-state index in [1.807, 2.05) is 69.8 Å². The molecule has 0 radical (unpaired) electrons. The molecule has 6 aromatic rings. The molecule has 0 saturated carbocycles. The maximum atomic E-state index is 14.1. The van der Waals surface area contributed by atoms with Crippen molar-refractivity contribution in [1.82, 2.24) is 35.0 Å². The molecule has 8 heteroatoms. The first-order valence-electron chi connectivity index (χ1n) is 11.7. The molecule has 2 N–H and O–H groups in total. The van der Waals surface area contributed by atoms with Crippen molar-refractivity contribution in [3.63, 3.8) is 0 Å². The van der Waals surface area contributed by atoms with Gasteiger partial charge >= 0.3 is 0 Å². The molecule has 4 aromatic heterocycles. The van der Waals surface area contributed by atoms with E-state index < -0.39 is 0 Å². The third-order valence-corrected chi connectivity index (χ3v) is 6.09. The second-order valence-electron chi connectivity index (χ2n) is 9.29. The van der Waals surface area contributed by atoms with Gasteiger partial charge in [-0.25, -0.2) is 14.4 Å². The summed E-state index contributed by atoms with van der Waals surface area (Å²) in [7, 11) is 4.06. The van der Waals surface area contributed by atoms with Crippen LogP contribution in [0.15, 0.2) is 67.0 Å². The number of pyridine rings is 2. The highest BCUT2D eigenvalue weighted by Gasteiger charge is 2.17. The molecule has 4 heterocycles. The molecule has 0 aliphatic carbocycles. The highest BCUT2D eigenvalue weighted by molar-refractivity contribution is 5.96. The second-order valence-corrected chi connectivity index (χ2v) is 9.29. The summed E-state index contributed by atoms with van der Waals surface area (Å²) in [6.45, 7) is 2.68. The Morgan fingerprint density at radius 2 is 1.78 bits per heavy atom. The van der Waals surface area contributed by atoms with Crippen LogP contribution in [-0.2, 0) is 6.54 Å². The fourth-order valence-electron chi connectivity index (χ4n) is 4.57. The Bertz CT molecular complexity index is 1710. The van der Waals surface area contributed by atoms with Gasteiger partial charge < -0.3 is 9.88 Å². The summed E-state index contributed by atoms with van der Waals surface area (Å²) in [4.78, 5) is 19.7. The van der Waals surface area contributed by atoms with Gasteiger partial charge in [0, 0.05) is 30.1 Å². The molecule has 0 amide bonds. The molecule has 0 atom stereocenters. The first kappa shape index (κ1) is 22.1. The Morgan fingerprint density at radius 3 is 2.61 bits per heavy atom. The number of halogens is 1. The number of benzene rings is 2. The van der Waals surface area contributed by atoms with Gasteiger partial charge in [-0.1, -0.05) is 18.2 Å². The number of fused-ring (bicyclic) bond motifs is 2. The van der Waals surface area contributed by atoms with Crippen LogP contribution in [0.1, 0.15) is 11.1 Å². The summed E-state index contributed by atoms with van der Waals surface area (Å²) in [6, 6.07) is 16.9. The van der Waals surface area contributed by atoms with E-state index in [4.69, 9.17) is 9.97 Å². The Hall–Kier alpha value is -4.43. The van der Waals surface area contributed by atoms with Gasteiger partial charge in [-0.2, -0.15) is 5.10 Å². The standard InChI is InChI=1S/C28H24FN7/c1-16-9-18(12-20(29)10-16)21-5-4-6-23-25(21)33-28(32-23)27-26-24(34-35-27)8-7-22(31-26)19-11-17(13-30-14-19)15-36(2)3/h4-14H,15H2,1-3H3,(H,32,33)(H,34,35). The zero-order valence-electron chi connectivity index (χ0n) is 20.2. The molecule has 2 aromatic carbocycles. The predicted octanol–water partition coefficient (Wildman–Crippen LogP) is 5.74. The van der Waals surface area contributed by atoms with E-state index >= 15 is 0 Å². The van der Waals surface area contributed by atoms with Crippen LogP contribution in [-0.4, -0.2) is 49.1 Å². The lowest BCUT2D eigenvalue weighted by molar-refractivity contribution is 0.402. The molecule has 178 valence electrons. The van der Waals surface area contributed by atoms with Crippen molar-refractivity contribution in [2.45, 2.75) is 13.5 Å². The second kappa shape index (κ2) is 8.66. The van der Waals surface area contributed by atoms with Gasteiger partial charge in [0.2, 0.25) is 0 Å². The van der Waals surface area contributed by atoms with Crippen LogP contribution in [0, 0.1) is 12.7 Å². The van der Waals surface area contributed by atoms with Crippen molar-refractivity contribution in [2.24, 2.45) is 0 Å². The van der Waals surface area contributed by atoms with Crippen LogP contribution in [0.4, 0.5) is 4.39 Å². The van der Waals surface area contributed by atoms with Crippen molar-refractivity contribution in [1.29, 1.82) is 0 Å². The SMILES string of the molecule is Cc1cc(F)cc(-c2cccc3[nH]c(-c4n[nH]c5ccc(-c6cncc(CN(C)C)c6)nc45)nc23)c1. The number of hydrogen-bond acceptors (Lipinski definition) is 5. The summed E-state index contributed by atoms with van der Waals surface area (Å²) in [5.41, 5.74) is 9.12. The van der Waals surface area contributed by atoms with Gasteiger partial charge in [-0.15, -0.1) is 0 Å². The number of rotatable bonds is 5. The minimum Gasteiger partial charge on any atom is -0.336 e. The molecule has 0 spiro atoms. The third-order valence-electron chi connectivity index (χ3n) is 6.09. The number of aromatic nitrogens is 6. The van der Waals surface area contributed by atoms with Crippen molar-refractivity contribution in [3.8, 4) is 33.9 Å². The van der Waals surface area contributed by atoms with Crippen molar-refractivity contribution in [2.75, 3.05) is 14.1 Å². The molecular weight excluding hydrogens is 453 g/mol. The van der Waals surface area contributed by atoms with Crippen molar-refractivity contribution in [3.05, 3.63) is 83.9 Å². The van der Waals surface area contributed by atoms with Gasteiger partial charge in [0.25, 0.3) is 0 Å². The zero-order chi connectivity index (χ0) is 24.8. The van der Waals surface area contributed by atoms with E-state index in [0.29, 0.717) is 17.0 Å². The summed E-state index contributed by atoms with van der Waals surface area (Å²) in [5, 5.41) is 7.58. The van der Waals surface area contributed by atoms with Crippen LogP contribution in [0.25, 0.3) is 56.0 Å². The molecule has 0 fully saturated rings. The minimum absolute atomic E-state index is 0.267. The number of hydrogen-bond donors (Lipinski definition) is 2. The lowest BCUT2D eigenvalue weighted by Crippen LogP contribution is -2.10. The van der Waals surface area contributed by atoms with Crippen LogP contribution in [0.3, 0.4) is 0 Å². The molecular formula is C28H24FN7. The summed E-state index contributed by atoms with van der Waals surface area (Å²) < 4.78 is 14.1. The monoisotopic (exact) mass is 477 g/mol. The number of H-pyrrole nitrogens is 2. The molecule has 36 heavy (non-hydrogen) atoms. The molecule has 0 aliphatic rings. The van der Waals surface area contributed by atoms with Crippen LogP contribution in [0.2, 0.25) is 0 Å². The minimum atomic E-state index is -0.267. The van der Waals surface area contributed by atoms with Gasteiger partial charge in [-0.3, -0.25) is 10.1 Å². The summed E-state index contributed by atoms with van der Waals surface area (Å²) in [6.07, 6.45) is 3.69. The van der Waals surface area contributed by atoms with E-state index in [9.17, 15) is 4.39 Å². The number of nitrogens with zero attached hydrogens (tertiary/aromatic N) is 5.